The summed E-state index contributed by atoms with van der Waals surface area (Å²) >= 11 is 1.48. The molecule has 7 heteroatoms. The molecule has 0 bridgehead atoms. The number of hydrogen-bond acceptors (Lipinski definition) is 3. The van der Waals surface area contributed by atoms with Crippen LogP contribution in [0.1, 0.15) is 22.2 Å². The topological polar surface area (TPSA) is 54.0 Å². The van der Waals surface area contributed by atoms with Gasteiger partial charge in [0.15, 0.2) is 11.6 Å². The summed E-state index contributed by atoms with van der Waals surface area (Å²) in [6.45, 7) is 0. The fourth-order valence-corrected chi connectivity index (χ4v) is 4.60. The number of rotatable bonds is 3. The molecule has 0 radical (unpaired) electrons. The average Bonchev–Trinajstić information content (AvgIpc) is 3.19. The predicted molar refractivity (Wildman–Crippen MR) is 114 cm³/mol. The van der Waals surface area contributed by atoms with Crippen molar-refractivity contribution in [1.82, 2.24) is 15.6 Å². The van der Waals surface area contributed by atoms with Gasteiger partial charge in [-0.15, -0.1) is 11.3 Å². The molecule has 0 fully saturated rings. The third-order valence-corrected chi connectivity index (χ3v) is 6.01. The van der Waals surface area contributed by atoms with Crippen LogP contribution in [0.2, 0.25) is 0 Å². The Hall–Kier alpha value is -3.58. The number of fused-ring (bicyclic) bond motifs is 1. The number of halogens is 2. The first-order valence-corrected chi connectivity index (χ1v) is 10.1. The summed E-state index contributed by atoms with van der Waals surface area (Å²) in [7, 11) is 0. The van der Waals surface area contributed by atoms with Gasteiger partial charge in [0.2, 0.25) is 0 Å². The molecule has 4 nitrogen and oxygen atoms in total. The first-order valence-electron chi connectivity index (χ1n) is 9.28. The molecule has 2 amide bonds. The molecule has 1 unspecified atom stereocenters. The molecule has 0 saturated heterocycles. The van der Waals surface area contributed by atoms with Gasteiger partial charge in [0.25, 0.3) is 0 Å². The zero-order chi connectivity index (χ0) is 20.7. The van der Waals surface area contributed by atoms with Gasteiger partial charge >= 0.3 is 6.03 Å². The van der Waals surface area contributed by atoms with Crippen molar-refractivity contribution in [2.24, 2.45) is 0 Å². The summed E-state index contributed by atoms with van der Waals surface area (Å²) < 4.78 is 28.6. The lowest BCUT2D eigenvalue weighted by atomic mass is 9.93. The number of nitrogens with zero attached hydrogens (tertiary/aromatic N) is 1. The summed E-state index contributed by atoms with van der Waals surface area (Å²) in [4.78, 5) is 17.2. The Morgan fingerprint density at radius 2 is 1.67 bits per heavy atom. The highest BCUT2D eigenvalue weighted by Gasteiger charge is 2.32. The van der Waals surface area contributed by atoms with Crippen molar-refractivity contribution < 1.29 is 13.6 Å². The van der Waals surface area contributed by atoms with Gasteiger partial charge in [-0.25, -0.2) is 18.6 Å². The normalized spacial score (nSPS) is 16.5. The number of benzene rings is 3. The van der Waals surface area contributed by atoms with Crippen LogP contribution < -0.4 is 10.6 Å². The zero-order valence-corrected chi connectivity index (χ0v) is 16.3. The van der Waals surface area contributed by atoms with Crippen LogP contribution in [0.3, 0.4) is 0 Å². The molecule has 0 aliphatic carbocycles. The fraction of sp³-hybridized carbons (Fsp3) is 0.0435. The number of amides is 2. The maximum atomic E-state index is 14.0. The van der Waals surface area contributed by atoms with Crippen LogP contribution in [0.4, 0.5) is 13.6 Å². The van der Waals surface area contributed by atoms with Crippen LogP contribution in [0.25, 0.3) is 21.5 Å². The molecule has 1 aliphatic heterocycles. The number of urea groups is 1. The van der Waals surface area contributed by atoms with E-state index in [0.717, 1.165) is 27.9 Å². The monoisotopic (exact) mass is 419 g/mol. The number of thiazole rings is 1. The average molecular weight is 419 g/mol. The van der Waals surface area contributed by atoms with E-state index < -0.39 is 23.7 Å². The highest BCUT2D eigenvalue weighted by molar-refractivity contribution is 7.19. The molecular formula is C23H15F2N3OS. The maximum absolute atomic E-state index is 14.0. The lowest BCUT2D eigenvalue weighted by molar-refractivity contribution is 0.242. The Morgan fingerprint density at radius 3 is 2.43 bits per heavy atom. The van der Waals surface area contributed by atoms with E-state index in [4.69, 9.17) is 4.98 Å². The molecule has 1 aromatic heterocycles. The zero-order valence-electron chi connectivity index (χ0n) is 15.5. The van der Waals surface area contributed by atoms with Crippen LogP contribution in [0, 0.1) is 11.6 Å². The molecule has 3 aromatic carbocycles. The quantitative estimate of drug-likeness (QED) is 0.461. The summed E-state index contributed by atoms with van der Waals surface area (Å²) in [5.74, 6) is -1.90. The Labute approximate surface area is 174 Å². The third kappa shape index (κ3) is 3.23. The standard InChI is InChI=1S/C23H15F2N3OS/c24-15-11-10-14(12-16(15)25)21-19(22-26-17-8-4-5-9-18(17)30-22)20(27-23(29)28-21)13-6-2-1-3-7-13/h1-12,21H,(H2,27,28,29). The van der Waals surface area contributed by atoms with Crippen molar-refractivity contribution in [2.75, 3.05) is 0 Å². The number of nitrogens with one attached hydrogen (secondary N) is 2. The van der Waals surface area contributed by atoms with E-state index in [1.165, 1.54) is 17.4 Å². The van der Waals surface area contributed by atoms with Gasteiger partial charge < -0.3 is 10.6 Å². The minimum Gasteiger partial charge on any atom is -0.327 e. The second-order valence-electron chi connectivity index (χ2n) is 6.85. The maximum Gasteiger partial charge on any atom is 0.320 e. The van der Waals surface area contributed by atoms with E-state index in [9.17, 15) is 13.6 Å². The summed E-state index contributed by atoms with van der Waals surface area (Å²) in [6, 6.07) is 19.7. The van der Waals surface area contributed by atoms with Gasteiger partial charge in [-0.1, -0.05) is 48.5 Å². The van der Waals surface area contributed by atoms with Crippen LogP contribution in [0.15, 0.2) is 72.8 Å². The number of aromatic nitrogens is 1. The second kappa shape index (κ2) is 7.35. The van der Waals surface area contributed by atoms with E-state index in [0.29, 0.717) is 21.8 Å². The molecule has 2 heterocycles. The van der Waals surface area contributed by atoms with E-state index in [1.807, 2.05) is 54.6 Å². The summed E-state index contributed by atoms with van der Waals surface area (Å²) in [5, 5.41) is 6.41. The smallest absolute Gasteiger partial charge is 0.320 e. The number of hydrogen-bond donors (Lipinski definition) is 2. The SMILES string of the molecule is O=C1NC(c2ccccc2)=C(c2nc3ccccc3s2)C(c2ccc(F)c(F)c2)N1. The van der Waals surface area contributed by atoms with Crippen LogP contribution in [0.5, 0.6) is 0 Å². The Morgan fingerprint density at radius 1 is 0.900 bits per heavy atom. The van der Waals surface area contributed by atoms with Crippen molar-refractivity contribution in [3.05, 3.63) is 101 Å². The molecule has 0 saturated carbocycles. The van der Waals surface area contributed by atoms with Gasteiger partial charge in [0.05, 0.1) is 22.0 Å². The number of para-hydroxylation sites is 1. The fourth-order valence-electron chi connectivity index (χ4n) is 3.56. The molecule has 30 heavy (non-hydrogen) atoms. The highest BCUT2D eigenvalue weighted by Crippen LogP contribution is 2.41. The minimum atomic E-state index is -0.967. The lowest BCUT2D eigenvalue weighted by Crippen LogP contribution is -2.43. The van der Waals surface area contributed by atoms with Gasteiger partial charge in [-0.2, -0.15) is 0 Å². The molecule has 4 aromatic rings. The van der Waals surface area contributed by atoms with E-state index in [2.05, 4.69) is 10.6 Å². The summed E-state index contributed by atoms with van der Waals surface area (Å²) in [6.07, 6.45) is 0. The third-order valence-electron chi connectivity index (χ3n) is 4.94. The van der Waals surface area contributed by atoms with Crippen molar-refractivity contribution >= 4 is 38.9 Å². The van der Waals surface area contributed by atoms with E-state index >= 15 is 0 Å². The van der Waals surface area contributed by atoms with Crippen LogP contribution >= 0.6 is 11.3 Å². The molecule has 0 spiro atoms. The van der Waals surface area contributed by atoms with Gasteiger partial charge in [-0.3, -0.25) is 0 Å². The van der Waals surface area contributed by atoms with Gasteiger partial charge in [0.1, 0.15) is 5.01 Å². The molecular weight excluding hydrogens is 404 g/mol. The summed E-state index contributed by atoms with van der Waals surface area (Å²) in [5.41, 5.74) is 3.36. The van der Waals surface area contributed by atoms with Gasteiger partial charge in [-0.05, 0) is 35.4 Å². The minimum absolute atomic E-state index is 0.423. The Bertz CT molecular complexity index is 1270. The first-order chi connectivity index (χ1) is 14.6. The van der Waals surface area contributed by atoms with Crippen molar-refractivity contribution in [3.63, 3.8) is 0 Å². The highest BCUT2D eigenvalue weighted by atomic mass is 32.1. The molecule has 2 N–H and O–H groups in total. The predicted octanol–water partition coefficient (Wildman–Crippen LogP) is 5.50. The Kier molecular flexibility index (Phi) is 4.52. The first kappa shape index (κ1) is 18.4. The van der Waals surface area contributed by atoms with Crippen LogP contribution in [-0.4, -0.2) is 11.0 Å². The number of carbonyl (C=O) groups is 1. The molecule has 148 valence electrons. The lowest BCUT2D eigenvalue weighted by Gasteiger charge is -2.30. The molecule has 5 rings (SSSR count). The Balaban J connectivity index is 1.77. The molecule has 1 aliphatic rings. The van der Waals surface area contributed by atoms with Crippen molar-refractivity contribution in [1.29, 1.82) is 0 Å². The van der Waals surface area contributed by atoms with Gasteiger partial charge in [0, 0.05) is 5.57 Å². The number of carbonyl (C=O) groups excluding carboxylic acids is 1. The molecule has 1 atom stereocenters. The van der Waals surface area contributed by atoms with E-state index in [1.54, 1.807) is 0 Å². The second-order valence-corrected chi connectivity index (χ2v) is 7.88. The van der Waals surface area contributed by atoms with E-state index in [-0.39, 0.29) is 0 Å². The van der Waals surface area contributed by atoms with Crippen molar-refractivity contribution in [2.45, 2.75) is 6.04 Å². The van der Waals surface area contributed by atoms with Crippen LogP contribution in [-0.2, 0) is 0 Å². The largest absolute Gasteiger partial charge is 0.327 e. The van der Waals surface area contributed by atoms with Crippen molar-refractivity contribution in [3.8, 4) is 0 Å².